The Bertz CT molecular complexity index is 1040. The minimum absolute atomic E-state index is 0.0397. The monoisotopic (exact) mass is 507 g/mol. The molecule has 37 heavy (non-hydrogen) atoms. The zero-order chi connectivity index (χ0) is 26.2. The maximum absolute atomic E-state index is 13.3. The zero-order valence-corrected chi connectivity index (χ0v) is 21.9. The van der Waals surface area contributed by atoms with E-state index in [9.17, 15) is 9.90 Å². The van der Waals surface area contributed by atoms with E-state index in [2.05, 4.69) is 36.1 Å². The van der Waals surface area contributed by atoms with Gasteiger partial charge in [-0.1, -0.05) is 44.0 Å². The van der Waals surface area contributed by atoms with Gasteiger partial charge in [-0.3, -0.25) is 15.2 Å². The third kappa shape index (κ3) is 7.46. The number of aliphatic hydroxyl groups excluding tert-OH is 1. The molecule has 0 saturated carbocycles. The van der Waals surface area contributed by atoms with Crippen molar-refractivity contribution in [3.05, 3.63) is 59.7 Å². The van der Waals surface area contributed by atoms with Crippen LogP contribution in [-0.4, -0.2) is 72.2 Å². The van der Waals surface area contributed by atoms with Crippen molar-refractivity contribution in [1.82, 2.24) is 9.80 Å². The molecule has 0 radical (unpaired) electrons. The number of nitrogens with zero attached hydrogens (tertiary/aromatic N) is 3. The van der Waals surface area contributed by atoms with Crippen LogP contribution in [0.1, 0.15) is 50.2 Å². The molecule has 2 aliphatic heterocycles. The van der Waals surface area contributed by atoms with Crippen LogP contribution in [0.5, 0.6) is 5.75 Å². The van der Waals surface area contributed by atoms with Crippen LogP contribution in [0.3, 0.4) is 0 Å². The summed E-state index contributed by atoms with van der Waals surface area (Å²) < 4.78 is 5.83. The smallest absolute Gasteiger partial charge is 0.324 e. The number of β-amino-alcohol motifs (C(OH)–C–C–N with tert-alkyl or cyclic N) is 1. The molecule has 8 nitrogen and oxygen atoms in total. The van der Waals surface area contributed by atoms with Gasteiger partial charge in [0.15, 0.2) is 0 Å². The Kier molecular flexibility index (Phi) is 9.41. The van der Waals surface area contributed by atoms with Crippen molar-refractivity contribution in [1.29, 1.82) is 5.41 Å². The van der Waals surface area contributed by atoms with E-state index in [1.807, 2.05) is 6.07 Å². The van der Waals surface area contributed by atoms with Gasteiger partial charge in [0.25, 0.3) is 0 Å². The van der Waals surface area contributed by atoms with Gasteiger partial charge in [-0.2, -0.15) is 0 Å². The highest BCUT2D eigenvalue weighted by atomic mass is 16.5. The number of aliphatic hydroxyl groups is 1. The summed E-state index contributed by atoms with van der Waals surface area (Å²) in [6, 6.07) is 15.5. The van der Waals surface area contributed by atoms with E-state index < -0.39 is 6.10 Å². The molecule has 0 aliphatic carbocycles. The predicted octanol–water partition coefficient (Wildman–Crippen LogP) is 4.05. The molecule has 2 amide bonds. The van der Waals surface area contributed by atoms with Crippen molar-refractivity contribution in [3.8, 4) is 5.75 Å². The van der Waals surface area contributed by atoms with Crippen LogP contribution in [0.4, 0.5) is 10.5 Å². The fourth-order valence-electron chi connectivity index (χ4n) is 5.19. The van der Waals surface area contributed by atoms with E-state index in [0.29, 0.717) is 30.3 Å². The first-order chi connectivity index (χ1) is 17.9. The standard InChI is InChI=1S/C29H41N5O3/c1-2-3-4-16-37-27-10-8-22(9-11-27)18-32-14-12-23(13-15-32)19-33-20-26(35)21-34(29(33)36)25-7-5-6-24(17-25)28(30)31/h5-11,17,23,26,35H,2-4,12-16,18-21H2,1H3,(H3,30,31). The van der Waals surface area contributed by atoms with Gasteiger partial charge < -0.3 is 20.5 Å². The number of likely N-dealkylation sites (tertiary alicyclic amines) is 1. The lowest BCUT2D eigenvalue weighted by Gasteiger charge is -2.41. The molecule has 200 valence electrons. The number of amidine groups is 1. The van der Waals surface area contributed by atoms with E-state index in [4.69, 9.17) is 15.9 Å². The first kappa shape index (κ1) is 26.9. The average molecular weight is 508 g/mol. The lowest BCUT2D eigenvalue weighted by molar-refractivity contribution is 0.0874. The van der Waals surface area contributed by atoms with E-state index in [1.165, 1.54) is 18.4 Å². The van der Waals surface area contributed by atoms with Crippen molar-refractivity contribution >= 4 is 17.6 Å². The number of benzene rings is 2. The Hall–Kier alpha value is -3.10. The summed E-state index contributed by atoms with van der Waals surface area (Å²) in [4.78, 5) is 19.2. The molecule has 2 fully saturated rings. The number of nitrogens with one attached hydrogen (secondary N) is 1. The van der Waals surface area contributed by atoms with E-state index in [0.717, 1.165) is 51.3 Å². The molecular formula is C29H41N5O3. The number of nitrogen functional groups attached to an aromatic ring is 1. The molecule has 8 heteroatoms. The first-order valence-electron chi connectivity index (χ1n) is 13.6. The Morgan fingerprint density at radius 3 is 2.57 bits per heavy atom. The Morgan fingerprint density at radius 1 is 1.11 bits per heavy atom. The third-order valence-electron chi connectivity index (χ3n) is 7.33. The molecular weight excluding hydrogens is 466 g/mol. The number of hydrogen-bond donors (Lipinski definition) is 3. The summed E-state index contributed by atoms with van der Waals surface area (Å²) in [5.41, 5.74) is 8.15. The van der Waals surface area contributed by atoms with Crippen LogP contribution in [0.25, 0.3) is 0 Å². The van der Waals surface area contributed by atoms with Crippen molar-refractivity contribution in [3.63, 3.8) is 0 Å². The SMILES string of the molecule is CCCCCOc1ccc(CN2CCC(CN3CC(O)CN(c4cccc(C(=N)N)c4)C3=O)CC2)cc1. The first-order valence-corrected chi connectivity index (χ1v) is 13.6. The lowest BCUT2D eigenvalue weighted by Crippen LogP contribution is -2.57. The van der Waals surface area contributed by atoms with Gasteiger partial charge in [0.1, 0.15) is 11.6 Å². The number of hydrogen-bond acceptors (Lipinski definition) is 5. The number of urea groups is 1. The van der Waals surface area contributed by atoms with Crippen LogP contribution < -0.4 is 15.4 Å². The van der Waals surface area contributed by atoms with Crippen LogP contribution >= 0.6 is 0 Å². The molecule has 2 aromatic rings. The highest BCUT2D eigenvalue weighted by Gasteiger charge is 2.34. The summed E-state index contributed by atoms with van der Waals surface area (Å²) in [7, 11) is 0. The lowest BCUT2D eigenvalue weighted by atomic mass is 9.95. The number of nitrogens with two attached hydrogens (primary N) is 1. The molecule has 4 N–H and O–H groups in total. The second-order valence-electron chi connectivity index (χ2n) is 10.3. The number of piperidine rings is 1. The summed E-state index contributed by atoms with van der Waals surface area (Å²) >= 11 is 0. The maximum Gasteiger partial charge on any atom is 0.324 e. The minimum Gasteiger partial charge on any atom is -0.494 e. The van der Waals surface area contributed by atoms with Crippen molar-refractivity contribution in [2.45, 2.75) is 51.7 Å². The largest absolute Gasteiger partial charge is 0.494 e. The normalized spacial score (nSPS) is 19.3. The molecule has 0 spiro atoms. The molecule has 0 aromatic heterocycles. The quantitative estimate of drug-likeness (QED) is 0.242. The topological polar surface area (TPSA) is 106 Å². The summed E-state index contributed by atoms with van der Waals surface area (Å²) in [5, 5.41) is 18.2. The van der Waals surface area contributed by atoms with Crippen LogP contribution in [0, 0.1) is 11.3 Å². The number of rotatable bonds is 11. The molecule has 2 heterocycles. The highest BCUT2D eigenvalue weighted by Crippen LogP contribution is 2.26. The number of amides is 2. The number of ether oxygens (including phenoxy) is 1. The Labute approximate surface area is 220 Å². The maximum atomic E-state index is 13.3. The average Bonchev–Trinajstić information content (AvgIpc) is 2.90. The number of anilines is 1. The van der Waals surface area contributed by atoms with Gasteiger partial charge in [-0.25, -0.2) is 4.79 Å². The highest BCUT2D eigenvalue weighted by molar-refractivity contribution is 5.98. The number of carbonyl (C=O) groups is 1. The zero-order valence-electron chi connectivity index (χ0n) is 21.9. The van der Waals surface area contributed by atoms with Gasteiger partial charge in [0, 0.05) is 24.3 Å². The Balaban J connectivity index is 1.26. The fourth-order valence-corrected chi connectivity index (χ4v) is 5.19. The van der Waals surface area contributed by atoms with E-state index >= 15 is 0 Å². The molecule has 2 saturated heterocycles. The third-order valence-corrected chi connectivity index (χ3v) is 7.33. The predicted molar refractivity (Wildman–Crippen MR) is 147 cm³/mol. The number of carbonyl (C=O) groups excluding carboxylic acids is 1. The van der Waals surface area contributed by atoms with Crippen LogP contribution in [0.2, 0.25) is 0 Å². The summed E-state index contributed by atoms with van der Waals surface area (Å²) in [5.74, 6) is 1.31. The molecule has 1 atom stereocenters. The van der Waals surface area contributed by atoms with Gasteiger partial charge in [0.2, 0.25) is 0 Å². The van der Waals surface area contributed by atoms with Gasteiger partial charge in [0.05, 0.1) is 25.8 Å². The van der Waals surface area contributed by atoms with Crippen molar-refractivity contribution in [2.75, 3.05) is 44.2 Å². The molecule has 2 aliphatic rings. The van der Waals surface area contributed by atoms with Gasteiger partial charge >= 0.3 is 6.03 Å². The number of unbranched alkanes of at least 4 members (excludes halogenated alkanes) is 2. The van der Waals surface area contributed by atoms with Gasteiger partial charge in [-0.15, -0.1) is 0 Å². The molecule has 2 aromatic carbocycles. The van der Waals surface area contributed by atoms with Crippen molar-refractivity contribution < 1.29 is 14.6 Å². The Morgan fingerprint density at radius 2 is 1.86 bits per heavy atom. The minimum atomic E-state index is -0.614. The fraction of sp³-hybridized carbons (Fsp3) is 0.517. The van der Waals surface area contributed by atoms with Gasteiger partial charge in [-0.05, 0) is 68.1 Å². The van der Waals surface area contributed by atoms with E-state index in [-0.39, 0.29) is 18.4 Å². The molecule has 0 bridgehead atoms. The second kappa shape index (κ2) is 12.9. The van der Waals surface area contributed by atoms with Crippen LogP contribution in [0.15, 0.2) is 48.5 Å². The summed E-state index contributed by atoms with van der Waals surface area (Å²) in [6.07, 6.45) is 4.94. The van der Waals surface area contributed by atoms with Crippen molar-refractivity contribution in [2.24, 2.45) is 11.7 Å². The van der Waals surface area contributed by atoms with E-state index in [1.54, 1.807) is 28.0 Å². The molecule has 4 rings (SSSR count). The molecule has 1 unspecified atom stereocenters. The second-order valence-corrected chi connectivity index (χ2v) is 10.3. The summed E-state index contributed by atoms with van der Waals surface area (Å²) in [6.45, 7) is 7.14. The van der Waals surface area contributed by atoms with Crippen LogP contribution in [-0.2, 0) is 6.54 Å².